The van der Waals surface area contributed by atoms with Gasteiger partial charge >= 0.3 is 6.92 Å². The van der Waals surface area contributed by atoms with Crippen molar-refractivity contribution < 1.29 is 19.3 Å². The van der Waals surface area contributed by atoms with Crippen LogP contribution in [0.2, 0.25) is 6.82 Å². The van der Waals surface area contributed by atoms with E-state index in [4.69, 9.17) is 9.39 Å². The summed E-state index contributed by atoms with van der Waals surface area (Å²) in [6.45, 7) is 23.8. The average Bonchev–Trinajstić information content (AvgIpc) is 2.77. The SMILES string of the molecule is CCC(CC)(c1ccc(OCC(=O)C(C)(C)C)c(C)c1)c1ccc(B(C)OC(C)(C)C(C)(C)O)c(C)c1. The van der Waals surface area contributed by atoms with Gasteiger partial charge in [0.2, 0.25) is 0 Å². The third kappa shape index (κ3) is 6.86. The van der Waals surface area contributed by atoms with Crippen molar-refractivity contribution in [2.24, 2.45) is 5.41 Å². The Bertz CT molecular complexity index is 1080. The second-order valence-corrected chi connectivity index (χ2v) is 12.6. The van der Waals surface area contributed by atoms with Crippen LogP contribution in [0.15, 0.2) is 36.4 Å². The lowest BCUT2D eigenvalue weighted by molar-refractivity contribution is -0.128. The molecule has 1 N–H and O–H groups in total. The minimum Gasteiger partial charge on any atom is -0.486 e. The quantitative estimate of drug-likeness (QED) is 0.339. The predicted octanol–water partition coefficient (Wildman–Crippen LogP) is 6.80. The zero-order chi connectivity index (χ0) is 28.4. The third-order valence-electron chi connectivity index (χ3n) is 8.34. The first-order valence-electron chi connectivity index (χ1n) is 13.7. The second kappa shape index (κ2) is 11.3. The van der Waals surface area contributed by atoms with Crippen molar-refractivity contribution in [3.63, 3.8) is 0 Å². The molecule has 0 amide bonds. The fourth-order valence-corrected chi connectivity index (χ4v) is 4.78. The van der Waals surface area contributed by atoms with E-state index in [-0.39, 0.29) is 24.7 Å². The van der Waals surface area contributed by atoms with Crippen molar-refractivity contribution in [1.29, 1.82) is 0 Å². The molecule has 0 saturated heterocycles. The molecule has 4 nitrogen and oxygen atoms in total. The summed E-state index contributed by atoms with van der Waals surface area (Å²) in [6.07, 6.45) is 1.92. The van der Waals surface area contributed by atoms with Gasteiger partial charge in [-0.3, -0.25) is 4.79 Å². The Morgan fingerprint density at radius 1 is 0.865 bits per heavy atom. The highest BCUT2D eigenvalue weighted by atomic mass is 16.5. The molecule has 5 heteroatoms. The molecule has 0 aliphatic carbocycles. The Labute approximate surface area is 226 Å². The molecular weight excluding hydrogens is 459 g/mol. The number of benzene rings is 2. The van der Waals surface area contributed by atoms with E-state index in [1.807, 2.05) is 47.6 Å². The largest absolute Gasteiger partial charge is 0.486 e. The maximum Gasteiger partial charge on any atom is 0.324 e. The first-order chi connectivity index (χ1) is 16.9. The molecule has 0 spiro atoms. The van der Waals surface area contributed by atoms with Crippen molar-refractivity contribution in [2.75, 3.05) is 6.61 Å². The van der Waals surface area contributed by atoms with Gasteiger partial charge in [-0.05, 0) is 82.6 Å². The van der Waals surface area contributed by atoms with Gasteiger partial charge in [0.25, 0.3) is 0 Å². The smallest absolute Gasteiger partial charge is 0.324 e. The number of ether oxygens (including phenoxy) is 1. The second-order valence-electron chi connectivity index (χ2n) is 12.6. The zero-order valence-electron chi connectivity index (χ0n) is 25.3. The van der Waals surface area contributed by atoms with Crippen LogP contribution in [-0.2, 0) is 14.9 Å². The molecule has 0 aromatic heterocycles. The number of Topliss-reactive ketones (excluding diaryl/α,β-unsaturated/α-hetero) is 1. The number of carbonyl (C=O) groups is 1. The van der Waals surface area contributed by atoms with Gasteiger partial charge in [-0.15, -0.1) is 0 Å². The van der Waals surface area contributed by atoms with Gasteiger partial charge in [0.15, 0.2) is 5.78 Å². The minimum atomic E-state index is -0.956. The van der Waals surface area contributed by atoms with Gasteiger partial charge in [-0.1, -0.05) is 77.3 Å². The molecule has 0 fully saturated rings. The first kappa shape index (κ1) is 31.1. The molecule has 204 valence electrons. The summed E-state index contributed by atoms with van der Waals surface area (Å²) in [7, 11) is 0. The van der Waals surface area contributed by atoms with E-state index in [0.29, 0.717) is 0 Å². The molecular formula is C32H49BO4. The van der Waals surface area contributed by atoms with Crippen LogP contribution in [0.25, 0.3) is 0 Å². The lowest BCUT2D eigenvalue weighted by Crippen LogP contribution is -2.52. The molecule has 0 radical (unpaired) electrons. The average molecular weight is 509 g/mol. The lowest BCUT2D eigenvalue weighted by Gasteiger charge is -2.39. The molecule has 0 unspecified atom stereocenters. The molecule has 0 aliphatic heterocycles. The molecule has 0 aliphatic rings. The highest BCUT2D eigenvalue weighted by Crippen LogP contribution is 2.40. The summed E-state index contributed by atoms with van der Waals surface area (Å²) < 4.78 is 12.2. The van der Waals surface area contributed by atoms with Gasteiger partial charge in [-0.25, -0.2) is 0 Å². The van der Waals surface area contributed by atoms with E-state index in [0.717, 1.165) is 29.6 Å². The van der Waals surface area contributed by atoms with E-state index in [1.165, 1.54) is 16.7 Å². The summed E-state index contributed by atoms with van der Waals surface area (Å²) in [5.74, 6) is 0.849. The number of ketones is 1. The Morgan fingerprint density at radius 3 is 1.81 bits per heavy atom. The monoisotopic (exact) mass is 508 g/mol. The molecule has 2 aromatic rings. The fraction of sp³-hybridized carbons (Fsp3) is 0.594. The van der Waals surface area contributed by atoms with E-state index < -0.39 is 16.6 Å². The highest BCUT2D eigenvalue weighted by Gasteiger charge is 2.39. The Balaban J connectivity index is 2.38. The van der Waals surface area contributed by atoms with Crippen LogP contribution in [0.4, 0.5) is 0 Å². The van der Waals surface area contributed by atoms with Crippen LogP contribution >= 0.6 is 0 Å². The summed E-state index contributed by atoms with van der Waals surface area (Å²) >= 11 is 0. The number of hydrogen-bond donors (Lipinski definition) is 1. The number of rotatable bonds is 11. The fourth-order valence-electron chi connectivity index (χ4n) is 4.78. The van der Waals surface area contributed by atoms with Crippen LogP contribution < -0.4 is 10.2 Å². The van der Waals surface area contributed by atoms with E-state index >= 15 is 0 Å². The standard InChI is InChI=1S/C32H49BO4/c1-13-32(14-2,25-16-18-27(23(4)20-25)36-21-28(34)29(5,6)7)24-15-17-26(22(3)19-24)33(12)37-31(10,11)30(8,9)35/h15-20,35H,13-14,21H2,1-12H3. The van der Waals surface area contributed by atoms with Crippen molar-refractivity contribution in [2.45, 2.75) is 112 Å². The summed E-state index contributed by atoms with van der Waals surface area (Å²) in [6, 6.07) is 13.1. The number of aryl methyl sites for hydroxylation is 2. The minimum absolute atomic E-state index is 0.0849. The Kier molecular flexibility index (Phi) is 9.53. The summed E-state index contributed by atoms with van der Waals surface area (Å²) in [4.78, 5) is 12.3. The van der Waals surface area contributed by atoms with Crippen molar-refractivity contribution >= 4 is 18.2 Å². The van der Waals surface area contributed by atoms with E-state index in [1.54, 1.807) is 13.8 Å². The molecule has 2 aromatic carbocycles. The van der Waals surface area contributed by atoms with Crippen LogP contribution in [-0.4, -0.2) is 35.6 Å². The van der Waals surface area contributed by atoms with Crippen LogP contribution in [0.1, 0.15) is 97.4 Å². The van der Waals surface area contributed by atoms with Gasteiger partial charge in [0, 0.05) is 10.8 Å². The number of carbonyl (C=O) groups excluding carboxylic acids is 1. The molecule has 0 heterocycles. The summed E-state index contributed by atoms with van der Waals surface area (Å²) in [5.41, 5.74) is 3.69. The lowest BCUT2D eigenvalue weighted by atomic mass is 9.60. The predicted molar refractivity (Wildman–Crippen MR) is 156 cm³/mol. The zero-order valence-corrected chi connectivity index (χ0v) is 25.3. The maximum atomic E-state index is 12.3. The van der Waals surface area contributed by atoms with Gasteiger partial charge in [0.05, 0.1) is 11.2 Å². The Morgan fingerprint density at radius 2 is 1.38 bits per heavy atom. The topological polar surface area (TPSA) is 55.8 Å². The molecule has 0 bridgehead atoms. The van der Waals surface area contributed by atoms with E-state index in [2.05, 4.69) is 57.9 Å². The summed E-state index contributed by atoms with van der Waals surface area (Å²) in [5, 5.41) is 10.5. The van der Waals surface area contributed by atoms with Gasteiger partial charge < -0.3 is 14.5 Å². The number of aliphatic hydroxyl groups is 1. The highest BCUT2D eigenvalue weighted by molar-refractivity contribution is 6.66. The normalized spacial score (nSPS) is 13.0. The van der Waals surface area contributed by atoms with Gasteiger partial charge in [-0.2, -0.15) is 0 Å². The molecule has 2 rings (SSSR count). The molecule has 37 heavy (non-hydrogen) atoms. The molecule has 0 saturated carbocycles. The maximum absolute atomic E-state index is 12.3. The number of hydrogen-bond acceptors (Lipinski definition) is 4. The van der Waals surface area contributed by atoms with Crippen molar-refractivity contribution in [3.8, 4) is 5.75 Å². The molecule has 0 atom stereocenters. The van der Waals surface area contributed by atoms with Crippen LogP contribution in [0.3, 0.4) is 0 Å². The van der Waals surface area contributed by atoms with Crippen LogP contribution in [0.5, 0.6) is 5.75 Å². The van der Waals surface area contributed by atoms with Gasteiger partial charge in [0.1, 0.15) is 12.4 Å². The van der Waals surface area contributed by atoms with E-state index in [9.17, 15) is 9.90 Å². The van der Waals surface area contributed by atoms with Crippen molar-refractivity contribution in [3.05, 3.63) is 58.7 Å². The Hall–Kier alpha value is -2.11. The van der Waals surface area contributed by atoms with Crippen molar-refractivity contribution in [1.82, 2.24) is 0 Å². The first-order valence-corrected chi connectivity index (χ1v) is 13.7. The van der Waals surface area contributed by atoms with Crippen LogP contribution in [0, 0.1) is 19.3 Å². The third-order valence-corrected chi connectivity index (χ3v) is 8.34.